The van der Waals surface area contributed by atoms with Gasteiger partial charge in [0.15, 0.2) is 5.82 Å². The fraction of sp³-hybridized carbons (Fsp3) is 0.750. The molecule has 0 saturated heterocycles. The third-order valence-electron chi connectivity index (χ3n) is 4.09. The van der Waals surface area contributed by atoms with Gasteiger partial charge in [-0.1, -0.05) is 26.2 Å². The first-order valence-corrected chi connectivity index (χ1v) is 7.95. The Balaban J connectivity index is 2.27. The van der Waals surface area contributed by atoms with Crippen LogP contribution in [0.3, 0.4) is 0 Å². The fourth-order valence-electron chi connectivity index (χ4n) is 2.99. The quantitative estimate of drug-likeness (QED) is 0.860. The van der Waals surface area contributed by atoms with Gasteiger partial charge in [-0.15, -0.1) is 0 Å². The molecule has 0 bridgehead atoms. The van der Waals surface area contributed by atoms with Crippen LogP contribution < -0.4 is 5.32 Å². The summed E-state index contributed by atoms with van der Waals surface area (Å²) in [5.41, 5.74) is 1.08. The van der Waals surface area contributed by atoms with Gasteiger partial charge in [-0.2, -0.15) is 0 Å². The lowest BCUT2D eigenvalue weighted by Crippen LogP contribution is -2.22. The van der Waals surface area contributed by atoms with E-state index in [0.29, 0.717) is 5.92 Å². The van der Waals surface area contributed by atoms with Crippen LogP contribution in [-0.4, -0.2) is 23.6 Å². The number of aryl methyl sites for hydroxylation is 1. The number of ether oxygens (including phenoxy) is 1. The van der Waals surface area contributed by atoms with Crippen molar-refractivity contribution in [3.63, 3.8) is 0 Å². The lowest BCUT2D eigenvalue weighted by molar-refractivity contribution is -0.000220. The number of aromatic nitrogens is 2. The standard InChI is InChI=1S/C16H27N3O/c1-4-13-11-14(17-3)19-16(18-13)15(20-5-2)12-9-7-6-8-10-12/h11-12,15H,4-10H2,1-3H3,(H,17,18,19). The molecule has 0 spiro atoms. The van der Waals surface area contributed by atoms with Gasteiger partial charge in [0.1, 0.15) is 11.9 Å². The van der Waals surface area contributed by atoms with E-state index in [1.54, 1.807) is 0 Å². The van der Waals surface area contributed by atoms with E-state index >= 15 is 0 Å². The summed E-state index contributed by atoms with van der Waals surface area (Å²) in [7, 11) is 1.90. The molecule has 1 aromatic heterocycles. The zero-order chi connectivity index (χ0) is 14.4. The van der Waals surface area contributed by atoms with Crippen LogP contribution in [0, 0.1) is 5.92 Å². The molecule has 0 radical (unpaired) electrons. The molecule has 1 aromatic rings. The largest absolute Gasteiger partial charge is 0.373 e. The molecule has 4 heteroatoms. The summed E-state index contributed by atoms with van der Waals surface area (Å²) in [5, 5.41) is 3.14. The molecular weight excluding hydrogens is 250 g/mol. The predicted octanol–water partition coefficient (Wildman–Crippen LogP) is 3.74. The second-order valence-corrected chi connectivity index (χ2v) is 5.48. The highest BCUT2D eigenvalue weighted by molar-refractivity contribution is 5.35. The van der Waals surface area contributed by atoms with E-state index < -0.39 is 0 Å². The average molecular weight is 277 g/mol. The van der Waals surface area contributed by atoms with Gasteiger partial charge >= 0.3 is 0 Å². The number of hydrogen-bond donors (Lipinski definition) is 1. The number of nitrogens with one attached hydrogen (secondary N) is 1. The van der Waals surface area contributed by atoms with Crippen molar-refractivity contribution < 1.29 is 4.74 Å². The first kappa shape index (κ1) is 15.2. The first-order valence-electron chi connectivity index (χ1n) is 7.95. The molecule has 0 amide bonds. The first-order chi connectivity index (χ1) is 9.78. The van der Waals surface area contributed by atoms with E-state index in [-0.39, 0.29) is 6.10 Å². The zero-order valence-electron chi connectivity index (χ0n) is 13.0. The molecular formula is C16H27N3O. The Morgan fingerprint density at radius 2 is 2.00 bits per heavy atom. The monoisotopic (exact) mass is 277 g/mol. The highest BCUT2D eigenvalue weighted by atomic mass is 16.5. The molecule has 1 saturated carbocycles. The second kappa shape index (κ2) is 7.58. The molecule has 4 nitrogen and oxygen atoms in total. The molecule has 1 atom stereocenters. The third-order valence-corrected chi connectivity index (χ3v) is 4.09. The van der Waals surface area contributed by atoms with Crippen molar-refractivity contribution in [1.29, 1.82) is 0 Å². The number of anilines is 1. The lowest BCUT2D eigenvalue weighted by atomic mass is 9.85. The molecule has 1 aliphatic carbocycles. The van der Waals surface area contributed by atoms with Crippen LogP contribution in [0.1, 0.15) is 63.6 Å². The smallest absolute Gasteiger partial charge is 0.160 e. The van der Waals surface area contributed by atoms with Gasteiger partial charge in [-0.25, -0.2) is 9.97 Å². The highest BCUT2D eigenvalue weighted by Crippen LogP contribution is 2.36. The molecule has 1 aliphatic rings. The van der Waals surface area contributed by atoms with Crippen LogP contribution in [0.5, 0.6) is 0 Å². The Labute approximate surface area is 122 Å². The molecule has 0 aliphatic heterocycles. The molecule has 1 fully saturated rings. The van der Waals surface area contributed by atoms with E-state index in [9.17, 15) is 0 Å². The summed E-state index contributed by atoms with van der Waals surface area (Å²) < 4.78 is 6.01. The second-order valence-electron chi connectivity index (χ2n) is 5.48. The van der Waals surface area contributed by atoms with Crippen LogP contribution in [0.15, 0.2) is 6.07 Å². The van der Waals surface area contributed by atoms with Gasteiger partial charge in [-0.05, 0) is 32.1 Å². The summed E-state index contributed by atoms with van der Waals surface area (Å²) in [6, 6.07) is 2.02. The van der Waals surface area contributed by atoms with Crippen molar-refractivity contribution >= 4 is 5.82 Å². The lowest BCUT2D eigenvalue weighted by Gasteiger charge is -2.29. The van der Waals surface area contributed by atoms with E-state index in [2.05, 4.69) is 24.1 Å². The minimum Gasteiger partial charge on any atom is -0.373 e. The maximum Gasteiger partial charge on any atom is 0.160 e. The summed E-state index contributed by atoms with van der Waals surface area (Å²) in [6.45, 7) is 4.90. The molecule has 0 aromatic carbocycles. The van der Waals surface area contributed by atoms with Crippen LogP contribution in [0.2, 0.25) is 0 Å². The van der Waals surface area contributed by atoms with E-state index in [0.717, 1.165) is 30.4 Å². The normalized spacial score (nSPS) is 17.9. The van der Waals surface area contributed by atoms with Crippen molar-refractivity contribution in [3.05, 3.63) is 17.6 Å². The molecule has 112 valence electrons. The van der Waals surface area contributed by atoms with Crippen LogP contribution >= 0.6 is 0 Å². The van der Waals surface area contributed by atoms with Gasteiger partial charge in [0.05, 0.1) is 0 Å². The summed E-state index contributed by atoms with van der Waals surface area (Å²) >= 11 is 0. The fourth-order valence-corrected chi connectivity index (χ4v) is 2.99. The summed E-state index contributed by atoms with van der Waals surface area (Å²) in [6.07, 6.45) is 7.42. The minimum atomic E-state index is 0.0545. The topological polar surface area (TPSA) is 47.0 Å². The number of nitrogens with zero attached hydrogens (tertiary/aromatic N) is 2. The Morgan fingerprint density at radius 1 is 1.25 bits per heavy atom. The molecule has 20 heavy (non-hydrogen) atoms. The van der Waals surface area contributed by atoms with Gasteiger partial charge in [0, 0.05) is 25.4 Å². The summed E-state index contributed by atoms with van der Waals surface area (Å²) in [4.78, 5) is 9.36. The Hall–Kier alpha value is -1.16. The van der Waals surface area contributed by atoms with Gasteiger partial charge < -0.3 is 10.1 Å². The van der Waals surface area contributed by atoms with E-state index in [1.165, 1.54) is 32.1 Å². The average Bonchev–Trinajstić information content (AvgIpc) is 2.52. The highest BCUT2D eigenvalue weighted by Gasteiger charge is 2.28. The van der Waals surface area contributed by atoms with Gasteiger partial charge in [0.2, 0.25) is 0 Å². The van der Waals surface area contributed by atoms with Crippen molar-refractivity contribution in [2.75, 3.05) is 19.0 Å². The predicted molar refractivity (Wildman–Crippen MR) is 81.9 cm³/mol. The van der Waals surface area contributed by atoms with Crippen molar-refractivity contribution in [2.24, 2.45) is 5.92 Å². The SMILES string of the molecule is CCOC(c1nc(CC)cc(NC)n1)C1CCCCC1. The number of rotatable bonds is 6. The Morgan fingerprint density at radius 3 is 2.60 bits per heavy atom. The van der Waals surface area contributed by atoms with E-state index in [4.69, 9.17) is 9.72 Å². The molecule has 1 heterocycles. The maximum absolute atomic E-state index is 6.01. The van der Waals surface area contributed by atoms with Crippen LogP contribution in [0.25, 0.3) is 0 Å². The molecule has 2 rings (SSSR count). The van der Waals surface area contributed by atoms with Gasteiger partial charge in [0.25, 0.3) is 0 Å². The van der Waals surface area contributed by atoms with Crippen LogP contribution in [-0.2, 0) is 11.2 Å². The van der Waals surface area contributed by atoms with Crippen molar-refractivity contribution in [2.45, 2.75) is 58.5 Å². The zero-order valence-corrected chi connectivity index (χ0v) is 13.0. The molecule has 1 N–H and O–H groups in total. The number of hydrogen-bond acceptors (Lipinski definition) is 4. The van der Waals surface area contributed by atoms with E-state index in [1.807, 2.05) is 13.1 Å². The Kier molecular flexibility index (Phi) is 5.77. The third kappa shape index (κ3) is 3.69. The summed E-state index contributed by atoms with van der Waals surface area (Å²) in [5.74, 6) is 2.33. The van der Waals surface area contributed by atoms with Gasteiger partial charge in [-0.3, -0.25) is 0 Å². The maximum atomic E-state index is 6.01. The van der Waals surface area contributed by atoms with Crippen LogP contribution in [0.4, 0.5) is 5.82 Å². The van der Waals surface area contributed by atoms with Crippen molar-refractivity contribution in [1.82, 2.24) is 9.97 Å². The van der Waals surface area contributed by atoms with Crippen molar-refractivity contribution in [3.8, 4) is 0 Å². The Bertz CT molecular complexity index is 394. The minimum absolute atomic E-state index is 0.0545. The molecule has 1 unspecified atom stereocenters.